The second-order valence-corrected chi connectivity index (χ2v) is 5.07. The maximum atomic E-state index is 11.8. The van der Waals surface area contributed by atoms with Crippen molar-refractivity contribution < 1.29 is 4.79 Å². The normalized spacial score (nSPS) is 10.7. The predicted octanol–water partition coefficient (Wildman–Crippen LogP) is -0.145. The molecule has 118 valence electrons. The number of nitrogen functional groups attached to an aromatic ring is 1. The lowest BCUT2D eigenvalue weighted by atomic mass is 10.3. The zero-order valence-corrected chi connectivity index (χ0v) is 12.7. The van der Waals surface area contributed by atoms with Crippen molar-refractivity contribution in [2.45, 2.75) is 46.2 Å². The van der Waals surface area contributed by atoms with Gasteiger partial charge in [-0.3, -0.25) is 19.1 Å². The van der Waals surface area contributed by atoms with E-state index in [1.165, 1.54) is 4.57 Å². The summed E-state index contributed by atoms with van der Waals surface area (Å²) in [6, 6.07) is 0.0671. The Balaban J connectivity index is 2.80. The van der Waals surface area contributed by atoms with Gasteiger partial charge in [0.2, 0.25) is 5.91 Å². The predicted molar refractivity (Wildman–Crippen MR) is 82.4 cm³/mol. The van der Waals surface area contributed by atoms with Gasteiger partial charge in [-0.25, -0.2) is 4.79 Å². The monoisotopic (exact) mass is 297 g/mol. The molecule has 8 nitrogen and oxygen atoms in total. The summed E-state index contributed by atoms with van der Waals surface area (Å²) in [7, 11) is 0. The number of carbonyl (C=O) groups excluding carboxylic acids is 1. The molecule has 0 unspecified atom stereocenters. The number of hydrogen-bond donors (Lipinski definition) is 4. The van der Waals surface area contributed by atoms with Crippen molar-refractivity contribution in [3.05, 3.63) is 20.8 Å². The summed E-state index contributed by atoms with van der Waals surface area (Å²) in [6.45, 7) is 6.32. The molecule has 0 bridgehead atoms. The topological polar surface area (TPSA) is 122 Å². The zero-order chi connectivity index (χ0) is 16.0. The van der Waals surface area contributed by atoms with Crippen LogP contribution in [0.25, 0.3) is 0 Å². The number of rotatable bonds is 7. The van der Waals surface area contributed by atoms with Crippen LogP contribution in [0, 0.1) is 0 Å². The van der Waals surface area contributed by atoms with Crippen LogP contribution in [0.5, 0.6) is 0 Å². The van der Waals surface area contributed by atoms with E-state index in [9.17, 15) is 14.4 Å². The van der Waals surface area contributed by atoms with Crippen LogP contribution in [0.1, 0.15) is 33.6 Å². The first kappa shape index (κ1) is 16.8. The number of amides is 1. The number of aromatic nitrogens is 2. The maximum absolute atomic E-state index is 11.8. The number of nitrogens with one attached hydrogen (secondary N) is 3. The Morgan fingerprint density at radius 1 is 1.38 bits per heavy atom. The minimum absolute atomic E-state index is 0.0671. The Labute approximate surface area is 122 Å². The van der Waals surface area contributed by atoms with E-state index in [4.69, 9.17) is 5.73 Å². The van der Waals surface area contributed by atoms with Crippen LogP contribution in [0.15, 0.2) is 9.59 Å². The van der Waals surface area contributed by atoms with Crippen molar-refractivity contribution in [2.24, 2.45) is 0 Å². The number of hydrogen-bond acceptors (Lipinski definition) is 5. The lowest BCUT2D eigenvalue weighted by molar-refractivity contribution is -0.121. The van der Waals surface area contributed by atoms with Crippen LogP contribution in [-0.2, 0) is 11.3 Å². The zero-order valence-electron chi connectivity index (χ0n) is 12.7. The summed E-state index contributed by atoms with van der Waals surface area (Å²) in [5.41, 5.74) is 4.87. The van der Waals surface area contributed by atoms with Gasteiger partial charge >= 0.3 is 5.69 Å². The molecule has 0 aromatic carbocycles. The molecule has 0 aliphatic rings. The molecule has 1 rings (SSSR count). The lowest BCUT2D eigenvalue weighted by Crippen LogP contribution is -2.35. The van der Waals surface area contributed by atoms with Crippen molar-refractivity contribution in [3.8, 4) is 0 Å². The molecule has 0 spiro atoms. The van der Waals surface area contributed by atoms with E-state index in [1.807, 2.05) is 20.8 Å². The average molecular weight is 297 g/mol. The summed E-state index contributed by atoms with van der Waals surface area (Å²) in [4.78, 5) is 37.1. The van der Waals surface area contributed by atoms with Gasteiger partial charge in [-0.05, 0) is 20.3 Å². The van der Waals surface area contributed by atoms with E-state index in [1.54, 1.807) is 0 Å². The van der Waals surface area contributed by atoms with Gasteiger partial charge < -0.3 is 16.4 Å². The molecule has 1 aromatic rings. The standard InChI is InChI=1S/C13H23N5O3/c1-4-7-18-11(14)10(12(20)17-13(18)21)15-6-5-9(19)16-8(2)3/h8,15H,4-7,14H2,1-3H3,(H,16,19)(H,17,20,21). The molecular weight excluding hydrogens is 274 g/mol. The van der Waals surface area contributed by atoms with Crippen molar-refractivity contribution in [3.63, 3.8) is 0 Å². The highest BCUT2D eigenvalue weighted by Crippen LogP contribution is 2.10. The van der Waals surface area contributed by atoms with Crippen molar-refractivity contribution >= 4 is 17.4 Å². The van der Waals surface area contributed by atoms with Gasteiger partial charge in [0, 0.05) is 25.6 Å². The highest BCUT2D eigenvalue weighted by molar-refractivity contribution is 5.76. The van der Waals surface area contributed by atoms with Crippen LogP contribution < -0.4 is 27.6 Å². The van der Waals surface area contributed by atoms with Gasteiger partial charge in [0.25, 0.3) is 5.56 Å². The molecule has 8 heteroatoms. The minimum atomic E-state index is -0.575. The van der Waals surface area contributed by atoms with Crippen LogP contribution in [0.4, 0.5) is 11.5 Å². The fraction of sp³-hybridized carbons (Fsp3) is 0.615. The van der Waals surface area contributed by atoms with Crippen LogP contribution in [-0.4, -0.2) is 28.0 Å². The molecule has 0 saturated carbocycles. The van der Waals surface area contributed by atoms with Crippen molar-refractivity contribution in [1.29, 1.82) is 0 Å². The third-order valence-corrected chi connectivity index (χ3v) is 2.79. The van der Waals surface area contributed by atoms with Crippen LogP contribution in [0.2, 0.25) is 0 Å². The van der Waals surface area contributed by atoms with E-state index in [0.717, 1.165) is 0 Å². The molecule has 1 aromatic heterocycles. The summed E-state index contributed by atoms with van der Waals surface area (Å²) < 4.78 is 1.30. The largest absolute Gasteiger partial charge is 0.383 e. The van der Waals surface area contributed by atoms with Crippen LogP contribution in [0.3, 0.4) is 0 Å². The minimum Gasteiger partial charge on any atom is -0.383 e. The molecule has 0 aliphatic heterocycles. The smallest absolute Gasteiger partial charge is 0.330 e. The Morgan fingerprint density at radius 3 is 2.62 bits per heavy atom. The molecule has 5 N–H and O–H groups in total. The fourth-order valence-corrected chi connectivity index (χ4v) is 1.90. The summed E-state index contributed by atoms with van der Waals surface area (Å²) in [6.07, 6.45) is 0.927. The molecule has 21 heavy (non-hydrogen) atoms. The second-order valence-electron chi connectivity index (χ2n) is 5.07. The average Bonchev–Trinajstić information content (AvgIpc) is 2.37. The number of nitrogens with zero attached hydrogens (tertiary/aromatic N) is 1. The van der Waals surface area contributed by atoms with E-state index in [-0.39, 0.29) is 36.4 Å². The van der Waals surface area contributed by atoms with Gasteiger partial charge in [-0.2, -0.15) is 0 Å². The molecule has 0 aliphatic carbocycles. The molecule has 0 fully saturated rings. The fourth-order valence-electron chi connectivity index (χ4n) is 1.90. The third kappa shape index (κ3) is 4.66. The highest BCUT2D eigenvalue weighted by atomic mass is 16.2. The van der Waals surface area contributed by atoms with Gasteiger partial charge in [0.15, 0.2) is 0 Å². The Morgan fingerprint density at radius 2 is 2.05 bits per heavy atom. The quantitative estimate of drug-likeness (QED) is 0.558. The van der Waals surface area contributed by atoms with E-state index < -0.39 is 11.2 Å². The van der Waals surface area contributed by atoms with Gasteiger partial charge in [0.05, 0.1) is 0 Å². The summed E-state index contributed by atoms with van der Waals surface area (Å²) in [5.74, 6) is -0.0238. The maximum Gasteiger partial charge on any atom is 0.330 e. The first-order valence-corrected chi connectivity index (χ1v) is 7.02. The second kappa shape index (κ2) is 7.51. The molecule has 0 saturated heterocycles. The Kier molecular flexibility index (Phi) is 6.01. The van der Waals surface area contributed by atoms with E-state index in [2.05, 4.69) is 15.6 Å². The number of anilines is 2. The highest BCUT2D eigenvalue weighted by Gasteiger charge is 2.12. The van der Waals surface area contributed by atoms with Gasteiger partial charge in [-0.15, -0.1) is 0 Å². The van der Waals surface area contributed by atoms with Gasteiger partial charge in [-0.1, -0.05) is 6.92 Å². The Hall–Kier alpha value is -2.25. The first-order valence-electron chi connectivity index (χ1n) is 7.02. The number of aromatic amines is 1. The first-order chi connectivity index (χ1) is 9.86. The summed E-state index contributed by atoms with van der Waals surface area (Å²) in [5, 5.41) is 5.57. The molecule has 1 heterocycles. The van der Waals surface area contributed by atoms with Crippen molar-refractivity contribution in [2.75, 3.05) is 17.6 Å². The molecule has 1 amide bonds. The number of nitrogens with two attached hydrogens (primary N) is 1. The molecule has 0 atom stereocenters. The van der Waals surface area contributed by atoms with E-state index >= 15 is 0 Å². The number of H-pyrrole nitrogens is 1. The number of carbonyl (C=O) groups is 1. The lowest BCUT2D eigenvalue weighted by Gasteiger charge is -2.13. The molecular formula is C13H23N5O3. The third-order valence-electron chi connectivity index (χ3n) is 2.79. The van der Waals surface area contributed by atoms with Crippen LogP contribution >= 0.6 is 0 Å². The molecule has 0 radical (unpaired) electrons. The van der Waals surface area contributed by atoms with E-state index in [0.29, 0.717) is 13.0 Å². The summed E-state index contributed by atoms with van der Waals surface area (Å²) >= 11 is 0. The Bertz CT molecular complexity index is 603. The van der Waals surface area contributed by atoms with Crippen molar-refractivity contribution in [1.82, 2.24) is 14.9 Å². The SMILES string of the molecule is CCCn1c(N)c(NCCC(=O)NC(C)C)c(=O)[nH]c1=O. The van der Waals surface area contributed by atoms with Gasteiger partial charge in [0.1, 0.15) is 11.5 Å².